The van der Waals surface area contributed by atoms with Crippen molar-refractivity contribution in [3.63, 3.8) is 0 Å². The number of hydrogen-bond donors (Lipinski definition) is 1. The third-order valence-electron chi connectivity index (χ3n) is 3.88. The first-order chi connectivity index (χ1) is 6.90. The molecule has 2 unspecified atom stereocenters. The first-order valence-corrected chi connectivity index (χ1v) is 5.69. The summed E-state index contributed by atoms with van der Waals surface area (Å²) in [5.74, 6) is 0.854. The van der Waals surface area contributed by atoms with E-state index < -0.39 is 0 Å². The fourth-order valence-corrected chi connectivity index (χ4v) is 3.26. The van der Waals surface area contributed by atoms with Gasteiger partial charge < -0.3 is 5.32 Å². The number of hydrogen-bond acceptors (Lipinski definition) is 1. The van der Waals surface area contributed by atoms with Crippen molar-refractivity contribution < 1.29 is 0 Å². The number of nitrogens with one attached hydrogen (secondary N) is 1. The Morgan fingerprint density at radius 2 is 2.29 bits per heavy atom. The summed E-state index contributed by atoms with van der Waals surface area (Å²) in [4.78, 5) is 0. The van der Waals surface area contributed by atoms with Crippen LogP contribution in [0.25, 0.3) is 0 Å². The third kappa shape index (κ3) is 1.05. The van der Waals surface area contributed by atoms with E-state index in [0.29, 0.717) is 6.04 Å². The Morgan fingerprint density at radius 3 is 3.14 bits per heavy atom. The molecular formula is C13H17N. The lowest BCUT2D eigenvalue weighted by molar-refractivity contribution is 0.490. The molecule has 2 atom stereocenters. The molecule has 0 fully saturated rings. The minimum Gasteiger partial charge on any atom is -0.313 e. The van der Waals surface area contributed by atoms with E-state index in [1.54, 1.807) is 16.7 Å². The zero-order valence-electron chi connectivity index (χ0n) is 8.72. The lowest BCUT2D eigenvalue weighted by Crippen LogP contribution is -2.12. The molecule has 0 amide bonds. The average Bonchev–Trinajstić information content (AvgIpc) is 2.60. The van der Waals surface area contributed by atoms with Gasteiger partial charge in [0.25, 0.3) is 0 Å². The Morgan fingerprint density at radius 1 is 1.36 bits per heavy atom. The topological polar surface area (TPSA) is 12.0 Å². The zero-order valence-corrected chi connectivity index (χ0v) is 8.72. The molecule has 74 valence electrons. The highest BCUT2D eigenvalue weighted by Gasteiger charge is 2.33. The van der Waals surface area contributed by atoms with E-state index in [1.165, 1.54) is 25.7 Å². The van der Waals surface area contributed by atoms with Gasteiger partial charge in [-0.15, -0.1) is 0 Å². The second kappa shape index (κ2) is 3.09. The monoisotopic (exact) mass is 187 g/mol. The van der Waals surface area contributed by atoms with Crippen LogP contribution in [0.2, 0.25) is 0 Å². The van der Waals surface area contributed by atoms with Crippen LogP contribution in [0.5, 0.6) is 0 Å². The Balaban J connectivity index is 2.15. The summed E-state index contributed by atoms with van der Waals surface area (Å²) in [5, 5.41) is 3.44. The maximum absolute atomic E-state index is 3.44. The van der Waals surface area contributed by atoms with Gasteiger partial charge in [0.1, 0.15) is 0 Å². The molecular weight excluding hydrogens is 170 g/mol. The molecule has 2 aliphatic rings. The minimum atomic E-state index is 0.619. The molecule has 0 radical (unpaired) electrons. The standard InChI is InChI=1S/C13H17N/c1-14-12-8-10-6-2-4-9-5-3-7-11(12)13(9)10/h3,5,7,10,12,14H,2,4,6,8H2,1H3. The van der Waals surface area contributed by atoms with E-state index in [0.717, 1.165) is 5.92 Å². The van der Waals surface area contributed by atoms with Crippen molar-refractivity contribution >= 4 is 0 Å². The quantitative estimate of drug-likeness (QED) is 0.713. The Bertz CT molecular complexity index is 356. The van der Waals surface area contributed by atoms with Gasteiger partial charge in [-0.3, -0.25) is 0 Å². The largest absolute Gasteiger partial charge is 0.313 e. The molecule has 0 heterocycles. The van der Waals surface area contributed by atoms with Gasteiger partial charge >= 0.3 is 0 Å². The third-order valence-corrected chi connectivity index (χ3v) is 3.88. The lowest BCUT2D eigenvalue weighted by Gasteiger charge is -2.20. The van der Waals surface area contributed by atoms with Crippen LogP contribution in [-0.4, -0.2) is 7.05 Å². The molecule has 2 aliphatic carbocycles. The van der Waals surface area contributed by atoms with Crippen LogP contribution in [-0.2, 0) is 6.42 Å². The van der Waals surface area contributed by atoms with Crippen molar-refractivity contribution in [2.75, 3.05) is 7.05 Å². The van der Waals surface area contributed by atoms with Gasteiger partial charge in [0.2, 0.25) is 0 Å². The van der Waals surface area contributed by atoms with E-state index in [-0.39, 0.29) is 0 Å². The fraction of sp³-hybridized carbons (Fsp3) is 0.538. The number of rotatable bonds is 1. The van der Waals surface area contributed by atoms with Gasteiger partial charge in [0.05, 0.1) is 0 Å². The Kier molecular flexibility index (Phi) is 1.88. The first-order valence-electron chi connectivity index (χ1n) is 5.69. The molecule has 0 aromatic heterocycles. The molecule has 1 aromatic rings. The highest BCUT2D eigenvalue weighted by atomic mass is 14.9. The highest BCUT2D eigenvalue weighted by molar-refractivity contribution is 5.45. The first kappa shape index (κ1) is 8.49. The van der Waals surface area contributed by atoms with E-state index >= 15 is 0 Å². The van der Waals surface area contributed by atoms with Crippen LogP contribution in [0, 0.1) is 0 Å². The van der Waals surface area contributed by atoms with Crippen LogP contribution < -0.4 is 5.32 Å². The molecule has 0 saturated carbocycles. The molecule has 1 heteroatoms. The van der Waals surface area contributed by atoms with E-state index in [9.17, 15) is 0 Å². The molecule has 1 nitrogen and oxygen atoms in total. The van der Waals surface area contributed by atoms with Crippen LogP contribution in [0.4, 0.5) is 0 Å². The summed E-state index contributed by atoms with van der Waals surface area (Å²) >= 11 is 0. The van der Waals surface area contributed by atoms with Gasteiger partial charge in [-0.1, -0.05) is 18.2 Å². The van der Waals surface area contributed by atoms with Gasteiger partial charge in [-0.2, -0.15) is 0 Å². The van der Waals surface area contributed by atoms with Gasteiger partial charge in [-0.25, -0.2) is 0 Å². The normalized spacial score (nSPS) is 28.9. The summed E-state index contributed by atoms with van der Waals surface area (Å²) in [5.41, 5.74) is 4.89. The van der Waals surface area contributed by atoms with Crippen LogP contribution in [0.1, 0.15) is 47.9 Å². The number of aryl methyl sites for hydroxylation is 1. The fourth-order valence-electron chi connectivity index (χ4n) is 3.26. The minimum absolute atomic E-state index is 0.619. The molecule has 14 heavy (non-hydrogen) atoms. The van der Waals surface area contributed by atoms with E-state index in [4.69, 9.17) is 0 Å². The number of benzene rings is 1. The Hall–Kier alpha value is -0.820. The van der Waals surface area contributed by atoms with Crippen molar-refractivity contribution in [2.45, 2.75) is 37.6 Å². The molecule has 1 aromatic carbocycles. The maximum atomic E-state index is 3.44. The molecule has 0 bridgehead atoms. The second-order valence-corrected chi connectivity index (χ2v) is 4.59. The lowest BCUT2D eigenvalue weighted by atomic mass is 9.84. The Labute approximate surface area is 85.5 Å². The van der Waals surface area contributed by atoms with Crippen molar-refractivity contribution in [3.8, 4) is 0 Å². The molecule has 0 saturated heterocycles. The summed E-state index contributed by atoms with van der Waals surface area (Å²) in [6.45, 7) is 0. The maximum Gasteiger partial charge on any atom is 0.0326 e. The summed E-state index contributed by atoms with van der Waals surface area (Å²) in [6, 6.07) is 7.48. The predicted molar refractivity (Wildman–Crippen MR) is 58.5 cm³/mol. The van der Waals surface area contributed by atoms with E-state index in [1.807, 2.05) is 0 Å². The van der Waals surface area contributed by atoms with Crippen molar-refractivity contribution in [2.24, 2.45) is 0 Å². The molecule has 3 rings (SSSR count). The summed E-state index contributed by atoms with van der Waals surface area (Å²) in [6.07, 6.45) is 5.42. The predicted octanol–water partition coefficient (Wildman–Crippen LogP) is 2.77. The highest BCUT2D eigenvalue weighted by Crippen LogP contribution is 2.47. The molecule has 0 spiro atoms. The van der Waals surface area contributed by atoms with Crippen LogP contribution in [0.15, 0.2) is 18.2 Å². The van der Waals surface area contributed by atoms with Crippen LogP contribution >= 0.6 is 0 Å². The van der Waals surface area contributed by atoms with Gasteiger partial charge in [0.15, 0.2) is 0 Å². The van der Waals surface area contributed by atoms with Crippen molar-refractivity contribution in [1.82, 2.24) is 5.32 Å². The van der Waals surface area contributed by atoms with Gasteiger partial charge in [-0.05, 0) is 55.3 Å². The second-order valence-electron chi connectivity index (χ2n) is 4.59. The van der Waals surface area contributed by atoms with Crippen LogP contribution in [0.3, 0.4) is 0 Å². The molecule has 0 aliphatic heterocycles. The van der Waals surface area contributed by atoms with Crippen molar-refractivity contribution in [3.05, 3.63) is 34.9 Å². The van der Waals surface area contributed by atoms with Gasteiger partial charge in [0, 0.05) is 6.04 Å². The average molecular weight is 187 g/mol. The SMILES string of the molecule is CNC1CC2CCCc3cccc1c32. The smallest absolute Gasteiger partial charge is 0.0326 e. The molecule has 1 N–H and O–H groups in total. The summed E-state index contributed by atoms with van der Waals surface area (Å²) < 4.78 is 0. The zero-order chi connectivity index (χ0) is 9.54. The summed E-state index contributed by atoms with van der Waals surface area (Å²) in [7, 11) is 2.08. The van der Waals surface area contributed by atoms with Crippen molar-refractivity contribution in [1.29, 1.82) is 0 Å². The van der Waals surface area contributed by atoms with E-state index in [2.05, 4.69) is 30.6 Å².